The summed E-state index contributed by atoms with van der Waals surface area (Å²) in [6, 6.07) is 4.15. The maximum Gasteiger partial charge on any atom is 0.111 e. The molecule has 1 aromatic heterocycles. The number of hydrogen-bond acceptors (Lipinski definition) is 2. The summed E-state index contributed by atoms with van der Waals surface area (Å²) in [4.78, 5) is 0. The summed E-state index contributed by atoms with van der Waals surface area (Å²) in [5, 5.41) is 0. The van der Waals surface area contributed by atoms with Crippen LogP contribution in [0.25, 0.3) is 0 Å². The molecule has 66 valence electrons. The molecule has 12 heavy (non-hydrogen) atoms. The van der Waals surface area contributed by atoms with Crippen molar-refractivity contribution in [1.29, 1.82) is 0 Å². The normalized spacial score (nSPS) is 38.2. The first kappa shape index (κ1) is 7.87. The molecule has 0 radical (unpaired) electrons. The molecule has 0 spiro atoms. The van der Waals surface area contributed by atoms with E-state index in [2.05, 4.69) is 20.8 Å². The quantitative estimate of drug-likeness (QED) is 0.690. The first-order chi connectivity index (χ1) is 5.51. The highest BCUT2D eigenvalue weighted by Gasteiger charge is 2.68. The minimum absolute atomic E-state index is 0.0382. The number of furan rings is 1. The van der Waals surface area contributed by atoms with Gasteiger partial charge in [0, 0.05) is 11.5 Å². The highest BCUT2D eigenvalue weighted by Crippen LogP contribution is 2.62. The second-order valence-corrected chi connectivity index (χ2v) is 4.38. The van der Waals surface area contributed by atoms with Gasteiger partial charge in [-0.25, -0.2) is 0 Å². The van der Waals surface area contributed by atoms with Crippen molar-refractivity contribution in [2.75, 3.05) is 0 Å². The van der Waals surface area contributed by atoms with Gasteiger partial charge in [-0.15, -0.1) is 0 Å². The summed E-state index contributed by atoms with van der Waals surface area (Å²) in [6.07, 6.45) is 1.71. The van der Waals surface area contributed by atoms with E-state index in [1.54, 1.807) is 6.26 Å². The number of rotatable bonds is 1. The molecule has 1 heterocycles. The Balaban J connectivity index is 2.39. The van der Waals surface area contributed by atoms with Crippen molar-refractivity contribution in [3.63, 3.8) is 0 Å². The van der Waals surface area contributed by atoms with E-state index in [0.29, 0.717) is 0 Å². The lowest BCUT2D eigenvalue weighted by molar-refractivity contribution is 0.412. The Morgan fingerprint density at radius 1 is 1.42 bits per heavy atom. The lowest BCUT2D eigenvalue weighted by Crippen LogP contribution is -2.13. The fourth-order valence-electron chi connectivity index (χ4n) is 2.07. The molecule has 1 saturated carbocycles. The van der Waals surface area contributed by atoms with Crippen molar-refractivity contribution in [1.82, 2.24) is 0 Å². The van der Waals surface area contributed by atoms with E-state index in [0.717, 1.165) is 5.76 Å². The molecule has 0 saturated heterocycles. The minimum atomic E-state index is 0.0382. The van der Waals surface area contributed by atoms with Crippen LogP contribution in [0.3, 0.4) is 0 Å². The van der Waals surface area contributed by atoms with Crippen molar-refractivity contribution in [3.05, 3.63) is 24.2 Å². The second kappa shape index (κ2) is 1.94. The summed E-state index contributed by atoms with van der Waals surface area (Å²) >= 11 is 0. The van der Waals surface area contributed by atoms with Crippen LogP contribution in [-0.2, 0) is 5.41 Å². The summed E-state index contributed by atoms with van der Waals surface area (Å²) in [5.74, 6) is 1.01. The third kappa shape index (κ3) is 0.643. The first-order valence-corrected chi connectivity index (χ1v) is 4.31. The van der Waals surface area contributed by atoms with E-state index in [-0.39, 0.29) is 16.9 Å². The molecule has 1 fully saturated rings. The van der Waals surface area contributed by atoms with E-state index >= 15 is 0 Å². The molecule has 1 aromatic rings. The molecule has 2 heteroatoms. The van der Waals surface area contributed by atoms with Crippen molar-refractivity contribution in [2.45, 2.75) is 32.2 Å². The predicted molar refractivity (Wildman–Crippen MR) is 47.8 cm³/mol. The van der Waals surface area contributed by atoms with Crippen LogP contribution in [-0.4, -0.2) is 6.04 Å². The zero-order valence-electron chi connectivity index (χ0n) is 7.79. The highest BCUT2D eigenvalue weighted by atomic mass is 16.3. The Morgan fingerprint density at radius 2 is 2.00 bits per heavy atom. The lowest BCUT2D eigenvalue weighted by Gasteiger charge is -2.09. The monoisotopic (exact) mass is 165 g/mol. The number of nitrogens with two attached hydrogens (primary N) is 1. The number of hydrogen-bond donors (Lipinski definition) is 1. The van der Waals surface area contributed by atoms with Crippen LogP contribution in [0.4, 0.5) is 0 Å². The van der Waals surface area contributed by atoms with Gasteiger partial charge in [-0.1, -0.05) is 20.8 Å². The predicted octanol–water partition coefficient (Wildman–Crippen LogP) is 1.90. The highest BCUT2D eigenvalue weighted by molar-refractivity contribution is 5.35. The Labute approximate surface area is 72.7 Å². The molecule has 1 aliphatic carbocycles. The van der Waals surface area contributed by atoms with Gasteiger partial charge in [-0.05, 0) is 17.5 Å². The Bertz CT molecular complexity index is 289. The zero-order chi connectivity index (χ0) is 8.98. The third-order valence-corrected chi connectivity index (χ3v) is 3.69. The molecule has 2 rings (SSSR count). The molecular formula is C10H15NO. The van der Waals surface area contributed by atoms with Crippen LogP contribution in [0.1, 0.15) is 26.5 Å². The molecule has 2 N–H and O–H groups in total. The van der Waals surface area contributed by atoms with Gasteiger partial charge in [0.15, 0.2) is 0 Å². The Morgan fingerprint density at radius 3 is 2.33 bits per heavy atom. The third-order valence-electron chi connectivity index (χ3n) is 3.69. The fourth-order valence-corrected chi connectivity index (χ4v) is 2.07. The SMILES string of the molecule is CC1(C)C(N)C1(C)c1ccco1. The molecule has 2 unspecified atom stereocenters. The van der Waals surface area contributed by atoms with Crippen LogP contribution in [0.2, 0.25) is 0 Å². The average Bonchev–Trinajstić information content (AvgIpc) is 2.53. The maximum absolute atomic E-state index is 6.01. The molecular weight excluding hydrogens is 150 g/mol. The lowest BCUT2D eigenvalue weighted by atomic mass is 9.96. The summed E-state index contributed by atoms with van der Waals surface area (Å²) < 4.78 is 5.39. The summed E-state index contributed by atoms with van der Waals surface area (Å²) in [5.41, 5.74) is 6.22. The Hall–Kier alpha value is -0.760. The molecule has 0 amide bonds. The van der Waals surface area contributed by atoms with Gasteiger partial charge in [-0.2, -0.15) is 0 Å². The molecule has 0 aliphatic heterocycles. The molecule has 0 aromatic carbocycles. The standard InChI is InChI=1S/C10H15NO/c1-9(2)8(11)10(9,3)7-5-4-6-12-7/h4-6,8H,11H2,1-3H3. The first-order valence-electron chi connectivity index (χ1n) is 4.31. The van der Waals surface area contributed by atoms with Crippen molar-refractivity contribution in [2.24, 2.45) is 11.1 Å². The van der Waals surface area contributed by atoms with Gasteiger partial charge in [-0.3, -0.25) is 0 Å². The summed E-state index contributed by atoms with van der Waals surface area (Å²) in [6.45, 7) is 6.52. The van der Waals surface area contributed by atoms with Gasteiger partial charge in [0.25, 0.3) is 0 Å². The van der Waals surface area contributed by atoms with Gasteiger partial charge in [0.05, 0.1) is 6.26 Å². The largest absolute Gasteiger partial charge is 0.469 e. The zero-order valence-corrected chi connectivity index (χ0v) is 7.79. The molecule has 2 atom stereocenters. The Kier molecular flexibility index (Phi) is 1.27. The minimum Gasteiger partial charge on any atom is -0.469 e. The topological polar surface area (TPSA) is 39.2 Å². The van der Waals surface area contributed by atoms with E-state index in [9.17, 15) is 0 Å². The smallest absolute Gasteiger partial charge is 0.111 e. The van der Waals surface area contributed by atoms with Gasteiger partial charge >= 0.3 is 0 Å². The van der Waals surface area contributed by atoms with Gasteiger partial charge < -0.3 is 10.2 Å². The van der Waals surface area contributed by atoms with Crippen LogP contribution in [0.15, 0.2) is 22.8 Å². The summed E-state index contributed by atoms with van der Waals surface area (Å²) in [7, 11) is 0. The van der Waals surface area contributed by atoms with Crippen molar-refractivity contribution >= 4 is 0 Å². The van der Waals surface area contributed by atoms with Gasteiger partial charge in [0.1, 0.15) is 5.76 Å². The van der Waals surface area contributed by atoms with Crippen LogP contribution < -0.4 is 5.73 Å². The van der Waals surface area contributed by atoms with E-state index in [4.69, 9.17) is 10.2 Å². The van der Waals surface area contributed by atoms with Crippen LogP contribution in [0, 0.1) is 5.41 Å². The van der Waals surface area contributed by atoms with Crippen molar-refractivity contribution < 1.29 is 4.42 Å². The molecule has 0 bridgehead atoms. The van der Waals surface area contributed by atoms with Crippen molar-refractivity contribution in [3.8, 4) is 0 Å². The van der Waals surface area contributed by atoms with Gasteiger partial charge in [0.2, 0.25) is 0 Å². The van der Waals surface area contributed by atoms with Crippen LogP contribution in [0.5, 0.6) is 0 Å². The fraction of sp³-hybridized carbons (Fsp3) is 0.600. The average molecular weight is 165 g/mol. The van der Waals surface area contributed by atoms with E-state index in [1.807, 2.05) is 12.1 Å². The molecule has 2 nitrogen and oxygen atoms in total. The van der Waals surface area contributed by atoms with Crippen LogP contribution >= 0.6 is 0 Å². The second-order valence-electron chi connectivity index (χ2n) is 4.38. The van der Waals surface area contributed by atoms with E-state index in [1.165, 1.54) is 0 Å². The molecule has 1 aliphatic rings. The van der Waals surface area contributed by atoms with E-state index < -0.39 is 0 Å². The maximum atomic E-state index is 6.01.